The number of aryl methyl sites for hydroxylation is 2. The molecule has 0 saturated carbocycles. The molecular formula is C15H20N4. The molecule has 4 heteroatoms. The number of benzene rings is 1. The smallest absolute Gasteiger partial charge is 0.225 e. The third-order valence-electron chi connectivity index (χ3n) is 3.11. The van der Waals surface area contributed by atoms with Crippen LogP contribution in [0.25, 0.3) is 0 Å². The van der Waals surface area contributed by atoms with Crippen molar-refractivity contribution < 1.29 is 0 Å². The molecular weight excluding hydrogens is 236 g/mol. The first-order valence-corrected chi connectivity index (χ1v) is 6.40. The lowest BCUT2D eigenvalue weighted by atomic mass is 10.1. The first-order valence-electron chi connectivity index (χ1n) is 6.40. The summed E-state index contributed by atoms with van der Waals surface area (Å²) in [6.45, 7) is 5.31. The summed E-state index contributed by atoms with van der Waals surface area (Å²) in [5, 5.41) is 0. The molecule has 1 aromatic heterocycles. The minimum absolute atomic E-state index is 0.439. The molecule has 0 saturated heterocycles. The average molecular weight is 256 g/mol. The van der Waals surface area contributed by atoms with Crippen LogP contribution in [0.3, 0.4) is 0 Å². The van der Waals surface area contributed by atoms with Crippen molar-refractivity contribution in [3.05, 3.63) is 52.8 Å². The Morgan fingerprint density at radius 2 is 1.89 bits per heavy atom. The van der Waals surface area contributed by atoms with Crippen LogP contribution in [0.2, 0.25) is 0 Å². The van der Waals surface area contributed by atoms with Gasteiger partial charge in [-0.2, -0.15) is 0 Å². The van der Waals surface area contributed by atoms with Crippen LogP contribution in [0.4, 0.5) is 5.95 Å². The second kappa shape index (κ2) is 5.80. The van der Waals surface area contributed by atoms with Crippen molar-refractivity contribution in [3.63, 3.8) is 0 Å². The van der Waals surface area contributed by atoms with E-state index in [0.717, 1.165) is 23.9 Å². The summed E-state index contributed by atoms with van der Waals surface area (Å²) in [5.74, 6) is 0.726. The van der Waals surface area contributed by atoms with Crippen LogP contribution in [0.15, 0.2) is 30.3 Å². The Balaban J connectivity index is 2.22. The largest absolute Gasteiger partial charge is 0.340 e. The average Bonchev–Trinajstić information content (AvgIpc) is 2.40. The van der Waals surface area contributed by atoms with Crippen molar-refractivity contribution in [1.29, 1.82) is 0 Å². The third kappa shape index (κ3) is 3.29. The molecule has 0 unspecified atom stereocenters. The van der Waals surface area contributed by atoms with Crippen molar-refractivity contribution in [3.8, 4) is 0 Å². The minimum Gasteiger partial charge on any atom is -0.340 e. The van der Waals surface area contributed by atoms with Crippen molar-refractivity contribution in [2.24, 2.45) is 5.73 Å². The highest BCUT2D eigenvalue weighted by atomic mass is 15.2. The maximum absolute atomic E-state index is 5.66. The molecule has 1 heterocycles. The van der Waals surface area contributed by atoms with Gasteiger partial charge in [0.2, 0.25) is 5.95 Å². The van der Waals surface area contributed by atoms with E-state index in [2.05, 4.69) is 46.1 Å². The number of hydrogen-bond donors (Lipinski definition) is 1. The Morgan fingerprint density at radius 1 is 1.16 bits per heavy atom. The van der Waals surface area contributed by atoms with Crippen LogP contribution in [-0.4, -0.2) is 17.0 Å². The van der Waals surface area contributed by atoms with Crippen LogP contribution >= 0.6 is 0 Å². The lowest BCUT2D eigenvalue weighted by Gasteiger charge is -2.19. The molecule has 2 rings (SSSR count). The van der Waals surface area contributed by atoms with Crippen molar-refractivity contribution in [1.82, 2.24) is 9.97 Å². The maximum atomic E-state index is 5.66. The van der Waals surface area contributed by atoms with Crippen LogP contribution in [0.5, 0.6) is 0 Å². The number of aromatic nitrogens is 2. The quantitative estimate of drug-likeness (QED) is 0.911. The van der Waals surface area contributed by atoms with Crippen molar-refractivity contribution in [2.75, 3.05) is 11.9 Å². The van der Waals surface area contributed by atoms with E-state index in [1.54, 1.807) is 0 Å². The zero-order valence-electron chi connectivity index (χ0n) is 11.7. The van der Waals surface area contributed by atoms with Gasteiger partial charge in [0.25, 0.3) is 0 Å². The van der Waals surface area contributed by atoms with Gasteiger partial charge in [-0.3, -0.25) is 0 Å². The monoisotopic (exact) mass is 256 g/mol. The zero-order valence-corrected chi connectivity index (χ0v) is 11.7. The van der Waals surface area contributed by atoms with Gasteiger partial charge >= 0.3 is 0 Å². The number of nitrogens with zero attached hydrogens (tertiary/aromatic N) is 3. The molecule has 1 aromatic carbocycles. The van der Waals surface area contributed by atoms with Crippen LogP contribution in [0, 0.1) is 13.8 Å². The Kier molecular flexibility index (Phi) is 4.12. The van der Waals surface area contributed by atoms with Gasteiger partial charge in [-0.1, -0.05) is 24.3 Å². The predicted octanol–water partition coefficient (Wildman–Crippen LogP) is 2.19. The van der Waals surface area contributed by atoms with Gasteiger partial charge in [-0.05, 0) is 31.0 Å². The summed E-state index contributed by atoms with van der Waals surface area (Å²) < 4.78 is 0. The van der Waals surface area contributed by atoms with Gasteiger partial charge in [-0.15, -0.1) is 0 Å². The molecule has 0 spiro atoms. The Morgan fingerprint density at radius 3 is 2.58 bits per heavy atom. The van der Waals surface area contributed by atoms with Crippen molar-refractivity contribution in [2.45, 2.75) is 26.9 Å². The molecule has 0 atom stereocenters. The molecule has 100 valence electrons. The van der Waals surface area contributed by atoms with Gasteiger partial charge in [0, 0.05) is 25.8 Å². The lowest BCUT2D eigenvalue weighted by Crippen LogP contribution is -2.21. The van der Waals surface area contributed by atoms with E-state index in [1.807, 2.05) is 20.0 Å². The topological polar surface area (TPSA) is 55.0 Å². The number of rotatable bonds is 4. The Hall–Kier alpha value is -1.94. The number of anilines is 1. The van der Waals surface area contributed by atoms with Gasteiger partial charge in [0.15, 0.2) is 0 Å². The first kappa shape index (κ1) is 13.5. The van der Waals surface area contributed by atoms with E-state index in [-0.39, 0.29) is 0 Å². The molecule has 0 bridgehead atoms. The minimum atomic E-state index is 0.439. The SMILES string of the molecule is Cc1cc(CN)nc(N(C)Cc2ccccc2C)n1. The van der Waals surface area contributed by atoms with Crippen LogP contribution in [0.1, 0.15) is 22.5 Å². The van der Waals surface area contributed by atoms with E-state index >= 15 is 0 Å². The summed E-state index contributed by atoms with van der Waals surface area (Å²) in [5.41, 5.74) is 10.0. The molecule has 4 nitrogen and oxygen atoms in total. The first-order chi connectivity index (χ1) is 9.10. The fraction of sp³-hybridized carbons (Fsp3) is 0.333. The molecule has 19 heavy (non-hydrogen) atoms. The second-order valence-corrected chi connectivity index (χ2v) is 4.79. The molecule has 0 aliphatic heterocycles. The van der Waals surface area contributed by atoms with E-state index in [0.29, 0.717) is 6.54 Å². The van der Waals surface area contributed by atoms with E-state index in [9.17, 15) is 0 Å². The summed E-state index contributed by atoms with van der Waals surface area (Å²) in [6.07, 6.45) is 0. The normalized spacial score (nSPS) is 10.5. The summed E-state index contributed by atoms with van der Waals surface area (Å²) in [6, 6.07) is 10.3. The van der Waals surface area contributed by atoms with E-state index in [4.69, 9.17) is 5.73 Å². The van der Waals surface area contributed by atoms with Crippen molar-refractivity contribution >= 4 is 5.95 Å². The number of hydrogen-bond acceptors (Lipinski definition) is 4. The zero-order chi connectivity index (χ0) is 13.8. The fourth-order valence-electron chi connectivity index (χ4n) is 2.01. The molecule has 0 aliphatic carbocycles. The molecule has 0 amide bonds. The fourth-order valence-corrected chi connectivity index (χ4v) is 2.01. The Labute approximate surface area is 114 Å². The lowest BCUT2D eigenvalue weighted by molar-refractivity contribution is 0.833. The third-order valence-corrected chi connectivity index (χ3v) is 3.11. The summed E-state index contributed by atoms with van der Waals surface area (Å²) in [4.78, 5) is 11.0. The molecule has 2 aromatic rings. The highest BCUT2D eigenvalue weighted by Gasteiger charge is 2.08. The van der Waals surface area contributed by atoms with Gasteiger partial charge < -0.3 is 10.6 Å². The maximum Gasteiger partial charge on any atom is 0.225 e. The van der Waals surface area contributed by atoms with Gasteiger partial charge in [0.05, 0.1) is 5.69 Å². The van der Waals surface area contributed by atoms with Crippen LogP contribution < -0.4 is 10.6 Å². The molecule has 0 fully saturated rings. The highest BCUT2D eigenvalue weighted by molar-refractivity contribution is 5.35. The van der Waals surface area contributed by atoms with E-state index < -0.39 is 0 Å². The standard InChI is InChI=1S/C15H20N4/c1-11-6-4-5-7-13(11)10-19(3)15-17-12(2)8-14(9-16)18-15/h4-8H,9-10,16H2,1-3H3. The summed E-state index contributed by atoms with van der Waals surface area (Å²) in [7, 11) is 2.00. The Bertz CT molecular complexity index is 566. The molecule has 0 aliphatic rings. The predicted molar refractivity (Wildman–Crippen MR) is 77.9 cm³/mol. The molecule has 0 radical (unpaired) electrons. The molecule has 2 N–H and O–H groups in total. The van der Waals surface area contributed by atoms with Crippen LogP contribution in [-0.2, 0) is 13.1 Å². The number of nitrogens with two attached hydrogens (primary N) is 1. The van der Waals surface area contributed by atoms with Gasteiger partial charge in [0.1, 0.15) is 0 Å². The summed E-state index contributed by atoms with van der Waals surface area (Å²) >= 11 is 0. The second-order valence-electron chi connectivity index (χ2n) is 4.79. The van der Waals surface area contributed by atoms with E-state index in [1.165, 1.54) is 11.1 Å². The van der Waals surface area contributed by atoms with Gasteiger partial charge in [-0.25, -0.2) is 9.97 Å². The highest BCUT2D eigenvalue weighted by Crippen LogP contribution is 2.14.